The van der Waals surface area contributed by atoms with Crippen molar-refractivity contribution >= 4 is 19.7 Å². The zero-order valence-corrected chi connectivity index (χ0v) is 11.9. The minimum absolute atomic E-state index is 0.541. The van der Waals surface area contributed by atoms with Crippen molar-refractivity contribution in [1.29, 1.82) is 0 Å². The number of ether oxygens (including phenoxy) is 2. The molecule has 0 aromatic heterocycles. The third-order valence-corrected chi connectivity index (χ3v) is 3.31. The van der Waals surface area contributed by atoms with Gasteiger partial charge in [-0.2, -0.15) is 26.3 Å². The average Bonchev–Trinajstić information content (AvgIpc) is 2.31. The summed E-state index contributed by atoms with van der Waals surface area (Å²) in [7, 11) is 0.450. The van der Waals surface area contributed by atoms with Crippen molar-refractivity contribution in [2.45, 2.75) is 17.2 Å². The fraction of sp³-hybridized carbons (Fsp3) is 0.400. The molecule has 1 aromatic rings. The summed E-state index contributed by atoms with van der Waals surface area (Å²) in [4.78, 5) is -0.932. The summed E-state index contributed by atoms with van der Waals surface area (Å²) < 4.78 is 103. The van der Waals surface area contributed by atoms with Crippen molar-refractivity contribution in [1.82, 2.24) is 0 Å². The Morgan fingerprint density at radius 3 is 1.91 bits per heavy atom. The molecule has 0 aliphatic carbocycles. The Bertz CT molecular complexity index is 625. The van der Waals surface area contributed by atoms with E-state index in [1.807, 2.05) is 0 Å². The molecule has 0 aliphatic rings. The van der Waals surface area contributed by atoms with E-state index in [0.717, 1.165) is 6.07 Å². The molecule has 12 heteroatoms. The van der Waals surface area contributed by atoms with E-state index in [2.05, 4.69) is 9.47 Å². The standard InChI is InChI=1S/C10H7ClF6O4S/c11-22(18,19)8-3-6(20-4-9(12,13)14)1-2-7(8)21-5-10(15,16)17/h1-3H,4-5H2. The van der Waals surface area contributed by atoms with Gasteiger partial charge in [0.1, 0.15) is 16.4 Å². The molecular formula is C10H7ClF6O4S. The topological polar surface area (TPSA) is 52.6 Å². The molecule has 1 aromatic carbocycles. The van der Waals surface area contributed by atoms with E-state index in [1.54, 1.807) is 0 Å². The molecule has 0 amide bonds. The molecular weight excluding hydrogens is 366 g/mol. The molecule has 0 aliphatic heterocycles. The molecule has 22 heavy (non-hydrogen) atoms. The molecule has 0 unspecified atom stereocenters. The summed E-state index contributed by atoms with van der Waals surface area (Å²) in [5, 5.41) is 0. The van der Waals surface area contributed by atoms with Crippen molar-refractivity contribution in [3.8, 4) is 11.5 Å². The minimum Gasteiger partial charge on any atom is -0.484 e. The van der Waals surface area contributed by atoms with Gasteiger partial charge in [0.25, 0.3) is 9.05 Å². The van der Waals surface area contributed by atoms with Crippen LogP contribution < -0.4 is 9.47 Å². The first-order valence-corrected chi connectivity index (χ1v) is 7.57. The largest absolute Gasteiger partial charge is 0.484 e. The second kappa shape index (κ2) is 6.41. The van der Waals surface area contributed by atoms with Gasteiger partial charge in [0, 0.05) is 16.7 Å². The lowest BCUT2D eigenvalue weighted by molar-refractivity contribution is -0.154. The fourth-order valence-electron chi connectivity index (χ4n) is 1.21. The number of alkyl halides is 6. The van der Waals surface area contributed by atoms with E-state index >= 15 is 0 Å². The van der Waals surface area contributed by atoms with Gasteiger partial charge in [-0.3, -0.25) is 0 Å². The lowest BCUT2D eigenvalue weighted by Gasteiger charge is -2.14. The van der Waals surface area contributed by atoms with Crippen LogP contribution in [0.25, 0.3) is 0 Å². The molecule has 0 atom stereocenters. The number of hydrogen-bond acceptors (Lipinski definition) is 4. The highest BCUT2D eigenvalue weighted by molar-refractivity contribution is 8.13. The van der Waals surface area contributed by atoms with Crippen molar-refractivity contribution in [3.63, 3.8) is 0 Å². The third-order valence-electron chi connectivity index (χ3n) is 1.97. The monoisotopic (exact) mass is 372 g/mol. The lowest BCUT2D eigenvalue weighted by Crippen LogP contribution is -2.20. The van der Waals surface area contributed by atoms with Crippen LogP contribution in [-0.4, -0.2) is 34.0 Å². The summed E-state index contributed by atoms with van der Waals surface area (Å²) in [6, 6.07) is 2.08. The first kappa shape index (κ1) is 18.7. The van der Waals surface area contributed by atoms with Crippen molar-refractivity contribution in [2.75, 3.05) is 13.2 Å². The zero-order valence-electron chi connectivity index (χ0n) is 10.3. The second-order valence-electron chi connectivity index (χ2n) is 3.85. The van der Waals surface area contributed by atoms with Crippen LogP contribution in [0, 0.1) is 0 Å². The van der Waals surface area contributed by atoms with Crippen LogP contribution in [0.5, 0.6) is 11.5 Å². The van der Waals surface area contributed by atoms with Gasteiger partial charge in [-0.25, -0.2) is 8.42 Å². The molecule has 126 valence electrons. The summed E-state index contributed by atoms with van der Waals surface area (Å²) >= 11 is 0. The lowest BCUT2D eigenvalue weighted by atomic mass is 10.3. The molecule has 0 saturated heterocycles. The molecule has 0 spiro atoms. The zero-order chi connectivity index (χ0) is 17.2. The van der Waals surface area contributed by atoms with Crippen LogP contribution in [0.15, 0.2) is 23.1 Å². The molecule has 0 heterocycles. The Kier molecular flexibility index (Phi) is 5.44. The Balaban J connectivity index is 3.04. The minimum atomic E-state index is -4.74. The summed E-state index contributed by atoms with van der Waals surface area (Å²) in [5.74, 6) is -1.30. The van der Waals surface area contributed by atoms with Crippen molar-refractivity contribution in [3.05, 3.63) is 18.2 Å². The molecule has 1 rings (SSSR count). The van der Waals surface area contributed by atoms with Gasteiger partial charge in [0.15, 0.2) is 13.2 Å². The summed E-state index contributed by atoms with van der Waals surface area (Å²) in [5.41, 5.74) is 0. The number of halogens is 7. The third kappa shape index (κ3) is 6.60. The smallest absolute Gasteiger partial charge is 0.422 e. The first-order valence-electron chi connectivity index (χ1n) is 5.26. The molecule has 0 radical (unpaired) electrons. The van der Waals surface area contributed by atoms with Crippen LogP contribution in [0.2, 0.25) is 0 Å². The Labute approximate surface area is 125 Å². The van der Waals surface area contributed by atoms with Crippen LogP contribution >= 0.6 is 10.7 Å². The van der Waals surface area contributed by atoms with E-state index in [9.17, 15) is 34.8 Å². The van der Waals surface area contributed by atoms with Gasteiger partial charge in [0.05, 0.1) is 0 Å². The molecule has 0 saturated carbocycles. The van der Waals surface area contributed by atoms with Crippen LogP contribution in [-0.2, 0) is 9.05 Å². The SMILES string of the molecule is O=S(=O)(Cl)c1cc(OCC(F)(F)F)ccc1OCC(F)(F)F. The van der Waals surface area contributed by atoms with Gasteiger partial charge < -0.3 is 9.47 Å². The molecule has 4 nitrogen and oxygen atoms in total. The summed E-state index contributed by atoms with van der Waals surface area (Å²) in [6.07, 6.45) is -9.41. The molecule has 0 fully saturated rings. The second-order valence-corrected chi connectivity index (χ2v) is 6.39. The quantitative estimate of drug-likeness (QED) is 0.586. The van der Waals surface area contributed by atoms with E-state index < -0.39 is 51.0 Å². The summed E-state index contributed by atoms with van der Waals surface area (Å²) in [6.45, 7) is -3.51. The van der Waals surface area contributed by atoms with Crippen molar-refractivity contribution in [2.24, 2.45) is 0 Å². The fourth-order valence-corrected chi connectivity index (χ4v) is 2.20. The van der Waals surface area contributed by atoms with E-state index in [0.29, 0.717) is 12.1 Å². The van der Waals surface area contributed by atoms with Gasteiger partial charge >= 0.3 is 12.4 Å². The van der Waals surface area contributed by atoms with Gasteiger partial charge in [0.2, 0.25) is 0 Å². The van der Waals surface area contributed by atoms with Crippen LogP contribution in [0.1, 0.15) is 0 Å². The van der Waals surface area contributed by atoms with Gasteiger partial charge in [-0.15, -0.1) is 0 Å². The molecule has 0 N–H and O–H groups in total. The number of hydrogen-bond donors (Lipinski definition) is 0. The highest BCUT2D eigenvalue weighted by Crippen LogP contribution is 2.32. The van der Waals surface area contributed by atoms with Crippen LogP contribution in [0.4, 0.5) is 26.3 Å². The Morgan fingerprint density at radius 2 is 1.45 bits per heavy atom. The predicted molar refractivity (Wildman–Crippen MR) is 62.6 cm³/mol. The molecule has 0 bridgehead atoms. The van der Waals surface area contributed by atoms with Gasteiger partial charge in [-0.05, 0) is 12.1 Å². The average molecular weight is 373 g/mol. The number of benzene rings is 1. The Hall–Kier alpha value is -1.36. The van der Waals surface area contributed by atoms with Crippen molar-refractivity contribution < 1.29 is 44.2 Å². The van der Waals surface area contributed by atoms with Gasteiger partial charge in [-0.1, -0.05) is 0 Å². The highest BCUT2D eigenvalue weighted by Gasteiger charge is 2.31. The first-order chi connectivity index (χ1) is 9.78. The maximum atomic E-state index is 12.0. The maximum absolute atomic E-state index is 12.0. The van der Waals surface area contributed by atoms with Crippen LogP contribution in [0.3, 0.4) is 0 Å². The van der Waals surface area contributed by atoms with E-state index in [1.165, 1.54) is 0 Å². The van der Waals surface area contributed by atoms with E-state index in [4.69, 9.17) is 10.7 Å². The van der Waals surface area contributed by atoms with E-state index in [-0.39, 0.29) is 0 Å². The highest BCUT2D eigenvalue weighted by atomic mass is 35.7. The normalized spacial score (nSPS) is 13.0. The Morgan fingerprint density at radius 1 is 0.955 bits per heavy atom. The number of rotatable bonds is 5. The maximum Gasteiger partial charge on any atom is 0.422 e. The predicted octanol–water partition coefficient (Wildman–Crippen LogP) is 3.50.